The first-order valence-corrected chi connectivity index (χ1v) is 7.02. The van der Waals surface area contributed by atoms with Crippen molar-refractivity contribution in [2.45, 2.75) is 12.2 Å². The first kappa shape index (κ1) is 14.5. The summed E-state index contributed by atoms with van der Waals surface area (Å²) < 4.78 is 38.8. The van der Waals surface area contributed by atoms with Gasteiger partial charge >= 0.3 is 6.18 Å². The van der Waals surface area contributed by atoms with Gasteiger partial charge in [0.25, 0.3) is 0 Å². The van der Waals surface area contributed by atoms with Crippen molar-refractivity contribution in [3.63, 3.8) is 0 Å². The van der Waals surface area contributed by atoms with E-state index in [0.29, 0.717) is 10.0 Å². The topological polar surface area (TPSA) is 38.0 Å². The highest BCUT2D eigenvalue weighted by Crippen LogP contribution is 2.35. The molecule has 2 aromatic rings. The lowest BCUT2D eigenvalue weighted by molar-refractivity contribution is -0.137. The summed E-state index contributed by atoms with van der Waals surface area (Å²) in [6, 6.07) is 4.86. The van der Waals surface area contributed by atoms with Crippen LogP contribution in [0.2, 0.25) is 0 Å². The Morgan fingerprint density at radius 1 is 1.26 bits per heavy atom. The number of hydrogen-bond donors (Lipinski definition) is 2. The molecule has 0 saturated heterocycles. The minimum atomic E-state index is -4.37. The number of hydrogen-bond acceptors (Lipinski definition) is 3. The van der Waals surface area contributed by atoms with E-state index in [1.807, 2.05) is 16.8 Å². The van der Waals surface area contributed by atoms with E-state index in [0.717, 1.165) is 17.7 Å². The van der Waals surface area contributed by atoms with Gasteiger partial charge in [-0.05, 0) is 46.2 Å². The molecule has 1 atom stereocenters. The zero-order chi connectivity index (χ0) is 14.0. The molecule has 0 aliphatic heterocycles. The summed E-state index contributed by atoms with van der Waals surface area (Å²) >= 11 is 4.73. The minimum Gasteiger partial charge on any atom is -0.271 e. The van der Waals surface area contributed by atoms with Gasteiger partial charge in [-0.1, -0.05) is 15.9 Å². The summed E-state index contributed by atoms with van der Waals surface area (Å²) in [4.78, 5) is 0. The van der Waals surface area contributed by atoms with Crippen molar-refractivity contribution >= 4 is 27.3 Å². The molecule has 0 aliphatic carbocycles. The van der Waals surface area contributed by atoms with E-state index in [2.05, 4.69) is 21.4 Å². The fraction of sp³-hybridized carbons (Fsp3) is 0.167. The summed E-state index contributed by atoms with van der Waals surface area (Å²) in [5.74, 6) is 5.48. The molecule has 1 aromatic carbocycles. The van der Waals surface area contributed by atoms with Crippen molar-refractivity contribution in [2.24, 2.45) is 5.84 Å². The number of rotatable bonds is 3. The van der Waals surface area contributed by atoms with Crippen molar-refractivity contribution in [3.05, 3.63) is 56.2 Å². The Kier molecular flexibility index (Phi) is 4.29. The second-order valence-electron chi connectivity index (χ2n) is 3.89. The van der Waals surface area contributed by atoms with Gasteiger partial charge in [-0.25, -0.2) is 5.43 Å². The standard InChI is InChI=1S/C12H10BrF3N2S/c13-10-2-1-8(12(14,15)16)5-9(10)11(18-17)7-3-4-19-6-7/h1-6,11,18H,17H2. The summed E-state index contributed by atoms with van der Waals surface area (Å²) in [6.45, 7) is 0. The monoisotopic (exact) mass is 350 g/mol. The molecule has 1 heterocycles. The molecule has 7 heteroatoms. The molecule has 0 saturated carbocycles. The molecule has 1 aromatic heterocycles. The molecule has 0 aliphatic rings. The second kappa shape index (κ2) is 5.62. The van der Waals surface area contributed by atoms with Crippen molar-refractivity contribution in [2.75, 3.05) is 0 Å². The van der Waals surface area contributed by atoms with Crippen molar-refractivity contribution in [1.29, 1.82) is 0 Å². The Morgan fingerprint density at radius 2 is 2.00 bits per heavy atom. The van der Waals surface area contributed by atoms with Gasteiger partial charge < -0.3 is 0 Å². The van der Waals surface area contributed by atoms with Crippen LogP contribution in [0.25, 0.3) is 0 Å². The van der Waals surface area contributed by atoms with Crippen LogP contribution in [0.4, 0.5) is 13.2 Å². The highest BCUT2D eigenvalue weighted by Gasteiger charge is 2.31. The molecule has 0 radical (unpaired) electrons. The molecule has 2 rings (SSSR count). The third kappa shape index (κ3) is 3.17. The maximum Gasteiger partial charge on any atom is 0.416 e. The Morgan fingerprint density at radius 3 is 2.53 bits per heavy atom. The molecule has 0 bridgehead atoms. The smallest absolute Gasteiger partial charge is 0.271 e. The normalized spacial score (nSPS) is 13.5. The Labute approximate surface area is 120 Å². The average Bonchev–Trinajstić information content (AvgIpc) is 2.84. The molecule has 1 unspecified atom stereocenters. The zero-order valence-electron chi connectivity index (χ0n) is 9.54. The van der Waals surface area contributed by atoms with Crippen molar-refractivity contribution in [3.8, 4) is 0 Å². The molecular weight excluding hydrogens is 341 g/mol. The molecule has 3 N–H and O–H groups in total. The minimum absolute atomic E-state index is 0.454. The van der Waals surface area contributed by atoms with Crippen molar-refractivity contribution < 1.29 is 13.2 Å². The van der Waals surface area contributed by atoms with E-state index in [-0.39, 0.29) is 0 Å². The number of thiophene rings is 1. The second-order valence-corrected chi connectivity index (χ2v) is 5.52. The highest BCUT2D eigenvalue weighted by atomic mass is 79.9. The summed E-state index contributed by atoms with van der Waals surface area (Å²) in [5, 5.41) is 3.69. The summed E-state index contributed by atoms with van der Waals surface area (Å²) in [7, 11) is 0. The lowest BCUT2D eigenvalue weighted by atomic mass is 9.99. The fourth-order valence-corrected chi connectivity index (χ4v) is 2.91. The van der Waals surface area contributed by atoms with E-state index < -0.39 is 17.8 Å². The van der Waals surface area contributed by atoms with Crippen LogP contribution in [-0.2, 0) is 6.18 Å². The highest BCUT2D eigenvalue weighted by molar-refractivity contribution is 9.10. The number of halogens is 4. The van der Waals surface area contributed by atoms with E-state index in [9.17, 15) is 13.2 Å². The van der Waals surface area contributed by atoms with Gasteiger partial charge in [0.15, 0.2) is 0 Å². The van der Waals surface area contributed by atoms with E-state index in [1.54, 1.807) is 0 Å². The number of hydrazine groups is 1. The van der Waals surface area contributed by atoms with Crippen LogP contribution >= 0.6 is 27.3 Å². The Bertz CT molecular complexity index is 555. The van der Waals surface area contributed by atoms with Gasteiger partial charge in [-0.2, -0.15) is 24.5 Å². The average molecular weight is 351 g/mol. The van der Waals surface area contributed by atoms with Crippen LogP contribution in [0.3, 0.4) is 0 Å². The largest absolute Gasteiger partial charge is 0.416 e. The number of nitrogens with one attached hydrogen (secondary N) is 1. The third-order valence-corrected chi connectivity index (χ3v) is 4.10. The van der Waals surface area contributed by atoms with Crippen molar-refractivity contribution in [1.82, 2.24) is 5.43 Å². The lowest BCUT2D eigenvalue weighted by Gasteiger charge is -2.18. The van der Waals surface area contributed by atoms with Crippen LogP contribution in [-0.4, -0.2) is 0 Å². The summed E-state index contributed by atoms with van der Waals surface area (Å²) in [6.07, 6.45) is -4.37. The van der Waals surface area contributed by atoms with Crippen LogP contribution in [0, 0.1) is 0 Å². The number of alkyl halides is 3. The first-order chi connectivity index (χ1) is 8.93. The van der Waals surface area contributed by atoms with Gasteiger partial charge in [0, 0.05) is 4.47 Å². The quantitative estimate of drug-likeness (QED) is 0.646. The predicted octanol–water partition coefficient (Wildman–Crippen LogP) is 4.08. The number of benzene rings is 1. The van der Waals surface area contributed by atoms with Gasteiger partial charge in [-0.15, -0.1) is 0 Å². The molecule has 2 nitrogen and oxygen atoms in total. The number of nitrogens with two attached hydrogens (primary N) is 1. The van der Waals surface area contributed by atoms with E-state index in [1.165, 1.54) is 17.4 Å². The molecular formula is C12H10BrF3N2S. The van der Waals surface area contributed by atoms with Gasteiger partial charge in [0.2, 0.25) is 0 Å². The van der Waals surface area contributed by atoms with Crippen LogP contribution in [0.15, 0.2) is 39.5 Å². The van der Waals surface area contributed by atoms with Gasteiger partial charge in [0.1, 0.15) is 0 Å². The molecule has 102 valence electrons. The maximum absolute atomic E-state index is 12.7. The fourth-order valence-electron chi connectivity index (χ4n) is 1.75. The SMILES string of the molecule is NNC(c1ccsc1)c1cc(C(F)(F)F)ccc1Br. The Balaban J connectivity index is 2.48. The van der Waals surface area contributed by atoms with Crippen LogP contribution in [0.5, 0.6) is 0 Å². The van der Waals surface area contributed by atoms with E-state index in [4.69, 9.17) is 5.84 Å². The lowest BCUT2D eigenvalue weighted by Crippen LogP contribution is -2.29. The molecule has 19 heavy (non-hydrogen) atoms. The van der Waals surface area contributed by atoms with Gasteiger partial charge in [0.05, 0.1) is 11.6 Å². The molecule has 0 spiro atoms. The Hall–Kier alpha value is -0.890. The van der Waals surface area contributed by atoms with Crippen LogP contribution in [0.1, 0.15) is 22.7 Å². The van der Waals surface area contributed by atoms with Gasteiger partial charge in [-0.3, -0.25) is 5.84 Å². The first-order valence-electron chi connectivity index (χ1n) is 5.28. The predicted molar refractivity (Wildman–Crippen MR) is 72.6 cm³/mol. The summed E-state index contributed by atoms with van der Waals surface area (Å²) in [5.41, 5.74) is 3.14. The zero-order valence-corrected chi connectivity index (χ0v) is 11.9. The van der Waals surface area contributed by atoms with E-state index >= 15 is 0 Å². The molecule has 0 amide bonds. The van der Waals surface area contributed by atoms with Crippen LogP contribution < -0.4 is 11.3 Å². The maximum atomic E-state index is 12.7. The molecule has 0 fully saturated rings. The third-order valence-electron chi connectivity index (χ3n) is 2.68.